The van der Waals surface area contributed by atoms with Crippen LogP contribution in [0.15, 0.2) is 30.3 Å². The van der Waals surface area contributed by atoms with Crippen molar-refractivity contribution in [2.75, 3.05) is 6.54 Å². The minimum Gasteiger partial charge on any atom is -0.338 e. The van der Waals surface area contributed by atoms with Crippen LogP contribution in [0, 0.1) is 0 Å². The summed E-state index contributed by atoms with van der Waals surface area (Å²) in [5.74, 6) is 0.139. The van der Waals surface area contributed by atoms with Gasteiger partial charge in [-0.1, -0.05) is 43.7 Å². The Balaban J connectivity index is 0.00000200. The third kappa shape index (κ3) is 4.22. The van der Waals surface area contributed by atoms with E-state index in [9.17, 15) is 4.79 Å². The Morgan fingerprint density at radius 1 is 1.40 bits per heavy atom. The van der Waals surface area contributed by atoms with Crippen molar-refractivity contribution in [1.82, 2.24) is 4.90 Å². The standard InChI is InChI=1S/C16H24N2O.ClH/c1-2-7-15(17)16(19)18-11-6-10-14(18)12-13-8-4-3-5-9-13;/h3-5,8-9,14-15H,2,6-7,10-12,17H2,1H3;1H. The number of likely N-dealkylation sites (tertiary alicyclic amines) is 1. The third-order valence-corrected chi connectivity index (χ3v) is 3.89. The first-order valence-electron chi connectivity index (χ1n) is 7.32. The predicted molar refractivity (Wildman–Crippen MR) is 85.0 cm³/mol. The lowest BCUT2D eigenvalue weighted by atomic mass is 10.0. The van der Waals surface area contributed by atoms with Gasteiger partial charge < -0.3 is 10.6 Å². The maximum absolute atomic E-state index is 12.3. The molecule has 0 bridgehead atoms. The highest BCUT2D eigenvalue weighted by atomic mass is 35.5. The molecule has 2 rings (SSSR count). The van der Waals surface area contributed by atoms with Gasteiger partial charge in [0.25, 0.3) is 0 Å². The van der Waals surface area contributed by atoms with E-state index in [1.54, 1.807) is 0 Å². The topological polar surface area (TPSA) is 46.3 Å². The summed E-state index contributed by atoms with van der Waals surface area (Å²) in [4.78, 5) is 14.3. The van der Waals surface area contributed by atoms with Gasteiger partial charge in [-0.05, 0) is 31.2 Å². The zero-order valence-corrected chi connectivity index (χ0v) is 12.9. The molecule has 0 spiro atoms. The van der Waals surface area contributed by atoms with E-state index in [0.29, 0.717) is 6.04 Å². The lowest BCUT2D eigenvalue weighted by molar-refractivity contribution is -0.133. The van der Waals surface area contributed by atoms with Crippen molar-refractivity contribution in [3.8, 4) is 0 Å². The Hall–Kier alpha value is -1.06. The Kier molecular flexibility index (Phi) is 7.03. The fraction of sp³-hybridized carbons (Fsp3) is 0.562. The SMILES string of the molecule is CCCC(N)C(=O)N1CCCC1Cc1ccccc1.Cl. The summed E-state index contributed by atoms with van der Waals surface area (Å²) < 4.78 is 0. The Morgan fingerprint density at radius 2 is 2.10 bits per heavy atom. The number of nitrogens with zero attached hydrogens (tertiary/aromatic N) is 1. The number of rotatable bonds is 5. The second kappa shape index (κ2) is 8.28. The van der Waals surface area contributed by atoms with Crippen molar-refractivity contribution in [1.29, 1.82) is 0 Å². The predicted octanol–water partition coefficient (Wildman–Crippen LogP) is 2.77. The highest BCUT2D eigenvalue weighted by Gasteiger charge is 2.31. The molecule has 2 unspecified atom stereocenters. The van der Waals surface area contributed by atoms with Crippen LogP contribution < -0.4 is 5.73 Å². The number of nitrogens with two attached hydrogens (primary N) is 1. The van der Waals surface area contributed by atoms with Crippen LogP contribution in [0.1, 0.15) is 38.2 Å². The largest absolute Gasteiger partial charge is 0.338 e. The molecule has 1 aromatic carbocycles. The van der Waals surface area contributed by atoms with Crippen LogP contribution in [0.4, 0.5) is 0 Å². The summed E-state index contributed by atoms with van der Waals surface area (Å²) in [5.41, 5.74) is 7.27. The molecule has 0 saturated carbocycles. The Labute approximate surface area is 127 Å². The van der Waals surface area contributed by atoms with Gasteiger partial charge >= 0.3 is 0 Å². The number of carbonyl (C=O) groups is 1. The molecular formula is C16H25ClN2O. The van der Waals surface area contributed by atoms with E-state index in [0.717, 1.165) is 38.6 Å². The van der Waals surface area contributed by atoms with Crippen molar-refractivity contribution in [2.24, 2.45) is 5.73 Å². The Bertz CT molecular complexity index is 410. The van der Waals surface area contributed by atoms with Gasteiger partial charge in [0.05, 0.1) is 6.04 Å². The molecule has 1 aliphatic heterocycles. The van der Waals surface area contributed by atoms with Crippen LogP contribution in [0.3, 0.4) is 0 Å². The highest BCUT2D eigenvalue weighted by molar-refractivity contribution is 5.85. The van der Waals surface area contributed by atoms with E-state index in [4.69, 9.17) is 5.73 Å². The molecule has 1 aromatic rings. The van der Waals surface area contributed by atoms with Crippen LogP contribution in [0.5, 0.6) is 0 Å². The van der Waals surface area contributed by atoms with Gasteiger partial charge in [-0.25, -0.2) is 0 Å². The zero-order valence-electron chi connectivity index (χ0n) is 12.1. The average Bonchev–Trinajstić information content (AvgIpc) is 2.87. The molecule has 20 heavy (non-hydrogen) atoms. The van der Waals surface area contributed by atoms with Gasteiger partial charge in [-0.3, -0.25) is 4.79 Å². The molecule has 0 aliphatic carbocycles. The van der Waals surface area contributed by atoms with Crippen molar-refractivity contribution in [3.05, 3.63) is 35.9 Å². The molecule has 2 N–H and O–H groups in total. The quantitative estimate of drug-likeness (QED) is 0.908. The number of hydrogen-bond acceptors (Lipinski definition) is 2. The van der Waals surface area contributed by atoms with Gasteiger partial charge in [0.2, 0.25) is 5.91 Å². The molecule has 1 aliphatic rings. The van der Waals surface area contributed by atoms with Gasteiger partial charge in [-0.2, -0.15) is 0 Å². The van der Waals surface area contributed by atoms with Crippen molar-refractivity contribution < 1.29 is 4.79 Å². The average molecular weight is 297 g/mol. The molecule has 1 heterocycles. The number of amides is 1. The van der Waals surface area contributed by atoms with Gasteiger partial charge in [-0.15, -0.1) is 12.4 Å². The summed E-state index contributed by atoms with van der Waals surface area (Å²) in [6, 6.07) is 10.4. The van der Waals surface area contributed by atoms with E-state index in [1.807, 2.05) is 11.0 Å². The van der Waals surface area contributed by atoms with E-state index < -0.39 is 0 Å². The smallest absolute Gasteiger partial charge is 0.239 e. The summed E-state index contributed by atoms with van der Waals surface area (Å²) >= 11 is 0. The summed E-state index contributed by atoms with van der Waals surface area (Å²) in [6.45, 7) is 2.94. The van der Waals surface area contributed by atoms with Crippen LogP contribution >= 0.6 is 12.4 Å². The third-order valence-electron chi connectivity index (χ3n) is 3.89. The normalized spacial score (nSPS) is 19.5. The maximum Gasteiger partial charge on any atom is 0.239 e. The molecule has 3 nitrogen and oxygen atoms in total. The summed E-state index contributed by atoms with van der Waals surface area (Å²) in [6.07, 6.45) is 4.89. The molecule has 112 valence electrons. The molecule has 4 heteroatoms. The molecule has 1 fully saturated rings. The second-order valence-corrected chi connectivity index (χ2v) is 5.41. The molecule has 0 aromatic heterocycles. The van der Waals surface area contributed by atoms with E-state index >= 15 is 0 Å². The molecular weight excluding hydrogens is 272 g/mol. The summed E-state index contributed by atoms with van der Waals surface area (Å²) in [5, 5.41) is 0. The van der Waals surface area contributed by atoms with Crippen LogP contribution in [-0.2, 0) is 11.2 Å². The maximum atomic E-state index is 12.3. The minimum atomic E-state index is -0.318. The molecule has 1 amide bonds. The molecule has 1 saturated heterocycles. The van der Waals surface area contributed by atoms with Crippen LogP contribution in [0.25, 0.3) is 0 Å². The minimum absolute atomic E-state index is 0. The Morgan fingerprint density at radius 3 is 2.75 bits per heavy atom. The highest BCUT2D eigenvalue weighted by Crippen LogP contribution is 2.22. The first-order chi connectivity index (χ1) is 9.22. The molecule has 2 atom stereocenters. The van der Waals surface area contributed by atoms with Gasteiger partial charge in [0.1, 0.15) is 0 Å². The van der Waals surface area contributed by atoms with Gasteiger partial charge in [0.15, 0.2) is 0 Å². The van der Waals surface area contributed by atoms with E-state index in [2.05, 4.69) is 31.2 Å². The van der Waals surface area contributed by atoms with Gasteiger partial charge in [0, 0.05) is 12.6 Å². The summed E-state index contributed by atoms with van der Waals surface area (Å²) in [7, 11) is 0. The van der Waals surface area contributed by atoms with Crippen molar-refractivity contribution in [3.63, 3.8) is 0 Å². The number of benzene rings is 1. The van der Waals surface area contributed by atoms with Crippen molar-refractivity contribution in [2.45, 2.75) is 51.1 Å². The lowest BCUT2D eigenvalue weighted by Gasteiger charge is -2.27. The molecule has 0 radical (unpaired) electrons. The van der Waals surface area contributed by atoms with E-state index in [1.165, 1.54) is 5.56 Å². The van der Waals surface area contributed by atoms with E-state index in [-0.39, 0.29) is 24.4 Å². The first kappa shape index (κ1) is 17.0. The number of halogens is 1. The fourth-order valence-corrected chi connectivity index (χ4v) is 2.87. The first-order valence-corrected chi connectivity index (χ1v) is 7.32. The fourth-order valence-electron chi connectivity index (χ4n) is 2.87. The lowest BCUT2D eigenvalue weighted by Crippen LogP contribution is -2.46. The monoisotopic (exact) mass is 296 g/mol. The zero-order chi connectivity index (χ0) is 13.7. The van der Waals surface area contributed by atoms with Crippen LogP contribution in [0.2, 0.25) is 0 Å². The second-order valence-electron chi connectivity index (χ2n) is 5.41. The van der Waals surface area contributed by atoms with Crippen LogP contribution in [-0.4, -0.2) is 29.4 Å². The van der Waals surface area contributed by atoms with Crippen molar-refractivity contribution >= 4 is 18.3 Å². The number of carbonyl (C=O) groups excluding carboxylic acids is 1. The number of hydrogen-bond donors (Lipinski definition) is 1.